The zero-order valence-corrected chi connectivity index (χ0v) is 16.0. The second-order valence-electron chi connectivity index (χ2n) is 7.79. The average molecular weight is 378 g/mol. The highest BCUT2D eigenvalue weighted by atomic mass is 16.3. The molecule has 2 aliphatic heterocycles. The zero-order valence-electron chi connectivity index (χ0n) is 16.0. The molecular formula is C21H26N6O. The largest absolute Gasteiger partial charge is 0.395 e. The van der Waals surface area contributed by atoms with Gasteiger partial charge in [0.15, 0.2) is 5.65 Å². The maximum atomic E-state index is 9.66. The second-order valence-corrected chi connectivity index (χ2v) is 7.79. The minimum Gasteiger partial charge on any atom is -0.395 e. The van der Waals surface area contributed by atoms with Crippen LogP contribution in [0.5, 0.6) is 0 Å². The molecule has 146 valence electrons. The molecule has 7 heteroatoms. The Morgan fingerprint density at radius 1 is 1.00 bits per heavy atom. The lowest BCUT2D eigenvalue weighted by atomic mass is 10.1. The number of aromatic nitrogens is 4. The second kappa shape index (κ2) is 7.48. The molecule has 0 aliphatic carbocycles. The molecule has 5 rings (SSSR count). The van der Waals surface area contributed by atoms with E-state index in [1.165, 1.54) is 12.8 Å². The summed E-state index contributed by atoms with van der Waals surface area (Å²) in [6.45, 7) is 3.34. The van der Waals surface area contributed by atoms with Crippen LogP contribution in [0.15, 0.2) is 42.9 Å². The number of aliphatic hydroxyl groups is 1. The molecule has 3 aromatic rings. The van der Waals surface area contributed by atoms with Crippen molar-refractivity contribution in [2.24, 2.45) is 0 Å². The Morgan fingerprint density at radius 2 is 1.82 bits per heavy atom. The van der Waals surface area contributed by atoms with E-state index in [1.54, 1.807) is 6.33 Å². The van der Waals surface area contributed by atoms with Crippen molar-refractivity contribution in [1.82, 2.24) is 24.6 Å². The Bertz CT molecular complexity index is 942. The fourth-order valence-corrected chi connectivity index (χ4v) is 4.74. The van der Waals surface area contributed by atoms with E-state index < -0.39 is 0 Å². The summed E-state index contributed by atoms with van der Waals surface area (Å²) in [4.78, 5) is 14.1. The van der Waals surface area contributed by atoms with Crippen molar-refractivity contribution < 1.29 is 5.11 Å². The van der Waals surface area contributed by atoms with Gasteiger partial charge in [0.2, 0.25) is 0 Å². The van der Waals surface area contributed by atoms with E-state index in [2.05, 4.69) is 24.9 Å². The summed E-state index contributed by atoms with van der Waals surface area (Å²) in [7, 11) is 0. The summed E-state index contributed by atoms with van der Waals surface area (Å²) in [5, 5.41) is 15.3. The summed E-state index contributed by atoms with van der Waals surface area (Å²) in [6.07, 6.45) is 8.15. The minimum atomic E-state index is 0.258. The molecule has 1 aromatic carbocycles. The van der Waals surface area contributed by atoms with Gasteiger partial charge in [-0.2, -0.15) is 5.10 Å². The predicted molar refractivity (Wildman–Crippen MR) is 109 cm³/mol. The van der Waals surface area contributed by atoms with Gasteiger partial charge in [-0.3, -0.25) is 4.90 Å². The third kappa shape index (κ3) is 3.04. The van der Waals surface area contributed by atoms with Crippen LogP contribution in [0, 0.1) is 0 Å². The van der Waals surface area contributed by atoms with Crippen LogP contribution in [0.4, 0.5) is 5.82 Å². The van der Waals surface area contributed by atoms with Crippen LogP contribution in [-0.2, 0) is 0 Å². The molecule has 2 fully saturated rings. The van der Waals surface area contributed by atoms with Crippen LogP contribution in [-0.4, -0.2) is 68.1 Å². The lowest BCUT2D eigenvalue weighted by molar-refractivity contribution is 0.153. The van der Waals surface area contributed by atoms with Gasteiger partial charge in [0.05, 0.1) is 23.9 Å². The van der Waals surface area contributed by atoms with Crippen molar-refractivity contribution in [3.8, 4) is 5.69 Å². The molecule has 0 saturated carbocycles. The molecule has 28 heavy (non-hydrogen) atoms. The van der Waals surface area contributed by atoms with E-state index in [0.29, 0.717) is 12.1 Å². The van der Waals surface area contributed by atoms with Crippen molar-refractivity contribution in [3.63, 3.8) is 0 Å². The highest BCUT2D eigenvalue weighted by Crippen LogP contribution is 2.31. The van der Waals surface area contributed by atoms with Gasteiger partial charge in [0, 0.05) is 25.2 Å². The van der Waals surface area contributed by atoms with E-state index in [9.17, 15) is 5.11 Å². The number of para-hydroxylation sites is 1. The monoisotopic (exact) mass is 378 g/mol. The highest BCUT2D eigenvalue weighted by molar-refractivity contribution is 5.88. The summed E-state index contributed by atoms with van der Waals surface area (Å²) in [5.74, 6) is 0.981. The van der Waals surface area contributed by atoms with E-state index >= 15 is 0 Å². The van der Waals surface area contributed by atoms with Crippen molar-refractivity contribution in [3.05, 3.63) is 42.9 Å². The maximum absolute atomic E-state index is 9.66. The number of rotatable bonds is 5. The van der Waals surface area contributed by atoms with Crippen LogP contribution in [0.1, 0.15) is 25.7 Å². The molecule has 2 aromatic heterocycles. The molecule has 0 bridgehead atoms. The van der Waals surface area contributed by atoms with E-state index in [-0.39, 0.29) is 6.61 Å². The highest BCUT2D eigenvalue weighted by Gasteiger charge is 2.33. The smallest absolute Gasteiger partial charge is 0.168 e. The maximum Gasteiger partial charge on any atom is 0.168 e. The molecule has 1 N–H and O–H groups in total. The number of aliphatic hydroxyl groups excluding tert-OH is 1. The molecule has 0 amide bonds. The standard InChI is InChI=1S/C21H26N6O/c28-14-18-9-4-10-25(18)13-17-8-5-11-26(17)20-19-12-24-27(21(19)23-15-22-20)16-6-2-1-3-7-16/h1-3,6-7,12,15,17-18,28H,4-5,8-11,13-14H2. The Hall–Kier alpha value is -2.51. The van der Waals surface area contributed by atoms with Crippen LogP contribution < -0.4 is 4.90 Å². The molecule has 0 spiro atoms. The number of benzene rings is 1. The third-order valence-corrected chi connectivity index (χ3v) is 6.15. The first-order valence-electron chi connectivity index (χ1n) is 10.2. The first-order chi connectivity index (χ1) is 13.8. The number of fused-ring (bicyclic) bond motifs is 1. The number of nitrogens with zero attached hydrogens (tertiary/aromatic N) is 6. The molecule has 2 aliphatic rings. The van der Waals surface area contributed by atoms with E-state index in [0.717, 1.165) is 55.0 Å². The zero-order chi connectivity index (χ0) is 18.9. The lowest BCUT2D eigenvalue weighted by Gasteiger charge is -2.32. The third-order valence-electron chi connectivity index (χ3n) is 6.15. The molecule has 2 atom stereocenters. The van der Waals surface area contributed by atoms with Gasteiger partial charge in [-0.1, -0.05) is 18.2 Å². The molecule has 0 radical (unpaired) electrons. The Balaban J connectivity index is 1.46. The minimum absolute atomic E-state index is 0.258. The Kier molecular flexibility index (Phi) is 4.70. The summed E-state index contributed by atoms with van der Waals surface area (Å²) < 4.78 is 1.88. The van der Waals surface area contributed by atoms with Crippen molar-refractivity contribution in [1.29, 1.82) is 0 Å². The summed E-state index contributed by atoms with van der Waals surface area (Å²) >= 11 is 0. The molecule has 2 saturated heterocycles. The summed E-state index contributed by atoms with van der Waals surface area (Å²) in [6, 6.07) is 10.8. The number of anilines is 1. The van der Waals surface area contributed by atoms with Crippen molar-refractivity contribution in [2.45, 2.75) is 37.8 Å². The first-order valence-corrected chi connectivity index (χ1v) is 10.2. The van der Waals surface area contributed by atoms with Gasteiger partial charge in [0.1, 0.15) is 12.1 Å². The van der Waals surface area contributed by atoms with Gasteiger partial charge in [-0.15, -0.1) is 0 Å². The van der Waals surface area contributed by atoms with Crippen molar-refractivity contribution in [2.75, 3.05) is 31.1 Å². The predicted octanol–water partition coefficient (Wildman–Crippen LogP) is 2.24. The van der Waals surface area contributed by atoms with Gasteiger partial charge in [-0.25, -0.2) is 14.6 Å². The fourth-order valence-electron chi connectivity index (χ4n) is 4.74. The van der Waals surface area contributed by atoms with E-state index in [4.69, 9.17) is 0 Å². The summed E-state index contributed by atoms with van der Waals surface area (Å²) in [5.41, 5.74) is 1.85. The average Bonchev–Trinajstić information content (AvgIpc) is 3.48. The first kappa shape index (κ1) is 17.6. The molecular weight excluding hydrogens is 352 g/mol. The van der Waals surface area contributed by atoms with Crippen molar-refractivity contribution >= 4 is 16.9 Å². The van der Waals surface area contributed by atoms with E-state index in [1.807, 2.05) is 41.2 Å². The van der Waals surface area contributed by atoms with Gasteiger partial charge in [-0.05, 0) is 44.4 Å². The van der Waals surface area contributed by atoms with Crippen LogP contribution in [0.3, 0.4) is 0 Å². The van der Waals surface area contributed by atoms with Crippen LogP contribution in [0.2, 0.25) is 0 Å². The van der Waals surface area contributed by atoms with Gasteiger partial charge in [0.25, 0.3) is 0 Å². The van der Waals surface area contributed by atoms with Crippen LogP contribution in [0.25, 0.3) is 16.7 Å². The SMILES string of the molecule is OCC1CCCN1CC1CCCN1c1ncnc2c1cnn2-c1ccccc1. The topological polar surface area (TPSA) is 70.3 Å². The lowest BCUT2D eigenvalue weighted by Crippen LogP contribution is -2.43. The quantitative estimate of drug-likeness (QED) is 0.734. The fraction of sp³-hybridized carbons (Fsp3) is 0.476. The Labute approximate surface area is 164 Å². The number of likely N-dealkylation sites (tertiary alicyclic amines) is 1. The van der Waals surface area contributed by atoms with Gasteiger partial charge >= 0.3 is 0 Å². The Morgan fingerprint density at radius 3 is 2.68 bits per heavy atom. The number of hydrogen-bond donors (Lipinski definition) is 1. The van der Waals surface area contributed by atoms with Crippen LogP contribution >= 0.6 is 0 Å². The van der Waals surface area contributed by atoms with Gasteiger partial charge < -0.3 is 10.0 Å². The number of hydrogen-bond acceptors (Lipinski definition) is 6. The molecule has 7 nitrogen and oxygen atoms in total. The normalized spacial score (nSPS) is 23.1. The molecule has 4 heterocycles. The molecule has 2 unspecified atom stereocenters.